The molecule has 1 aliphatic heterocycles. The lowest BCUT2D eigenvalue weighted by Crippen LogP contribution is -2.48. The van der Waals surface area contributed by atoms with Crippen molar-refractivity contribution in [2.24, 2.45) is 0 Å². The number of amides is 1. The number of anilines is 2. The van der Waals surface area contributed by atoms with Crippen LogP contribution in [0.3, 0.4) is 0 Å². The number of benzene rings is 1. The molecule has 22 heavy (non-hydrogen) atoms. The number of aliphatic hydroxyl groups is 2. The summed E-state index contributed by atoms with van der Waals surface area (Å²) < 4.78 is 0. The number of carbonyl (C=O) groups is 1. The molecule has 2 aromatic rings. The van der Waals surface area contributed by atoms with E-state index < -0.39 is 12.1 Å². The first-order chi connectivity index (χ1) is 10.7. The number of nitrogens with one attached hydrogen (secondary N) is 1. The lowest BCUT2D eigenvalue weighted by Gasteiger charge is -2.35. The molecule has 1 aromatic heterocycles. The molecule has 6 nitrogen and oxygen atoms in total. The van der Waals surface area contributed by atoms with E-state index in [1.807, 2.05) is 30.3 Å². The Kier molecular flexibility index (Phi) is 4.04. The molecule has 114 valence electrons. The average Bonchev–Trinajstić information content (AvgIpc) is 2.56. The van der Waals surface area contributed by atoms with Crippen LogP contribution in [0, 0.1) is 0 Å². The van der Waals surface area contributed by atoms with Gasteiger partial charge in [-0.3, -0.25) is 9.78 Å². The number of carbonyl (C=O) groups excluding carboxylic acids is 1. The highest BCUT2D eigenvalue weighted by Gasteiger charge is 2.30. The normalized spacial score (nSPS) is 17.1. The quantitative estimate of drug-likeness (QED) is 0.790. The number of pyridine rings is 1. The number of hydrogen-bond acceptors (Lipinski definition) is 5. The van der Waals surface area contributed by atoms with Gasteiger partial charge in [-0.15, -0.1) is 0 Å². The van der Waals surface area contributed by atoms with Crippen LogP contribution in [0.25, 0.3) is 11.1 Å². The average molecular weight is 299 g/mol. The third-order valence-corrected chi connectivity index (χ3v) is 3.65. The van der Waals surface area contributed by atoms with Gasteiger partial charge in [0.2, 0.25) is 6.23 Å². The van der Waals surface area contributed by atoms with Crippen LogP contribution >= 0.6 is 0 Å². The molecule has 0 radical (unpaired) electrons. The fourth-order valence-corrected chi connectivity index (χ4v) is 2.55. The van der Waals surface area contributed by atoms with E-state index in [1.165, 1.54) is 0 Å². The first-order valence-electron chi connectivity index (χ1n) is 7.11. The first-order valence-corrected chi connectivity index (χ1v) is 7.11. The monoisotopic (exact) mass is 299 g/mol. The standard InChI is InChI=1S/C16H17N3O3/c20-8-2-7-19-14-5-4-11(12-3-1-6-17-10-12)9-13(14)18-15(21)16(19)22/h1,3-6,9-10,16,20,22H,2,7-8H2,(H,18,21). The predicted molar refractivity (Wildman–Crippen MR) is 83.4 cm³/mol. The van der Waals surface area contributed by atoms with Gasteiger partial charge in [0.1, 0.15) is 0 Å². The van der Waals surface area contributed by atoms with E-state index in [0.29, 0.717) is 18.7 Å². The van der Waals surface area contributed by atoms with Gasteiger partial charge < -0.3 is 20.4 Å². The molecule has 0 saturated carbocycles. The third kappa shape index (κ3) is 2.66. The van der Waals surface area contributed by atoms with E-state index in [-0.39, 0.29) is 6.61 Å². The van der Waals surface area contributed by atoms with Crippen LogP contribution in [0.2, 0.25) is 0 Å². The summed E-state index contributed by atoms with van der Waals surface area (Å²) in [6.45, 7) is 0.415. The second-order valence-electron chi connectivity index (χ2n) is 5.11. The Morgan fingerprint density at radius 2 is 2.14 bits per heavy atom. The van der Waals surface area contributed by atoms with Crippen molar-refractivity contribution in [3.8, 4) is 11.1 Å². The van der Waals surface area contributed by atoms with Crippen LogP contribution in [0.1, 0.15) is 6.42 Å². The van der Waals surface area contributed by atoms with Gasteiger partial charge in [0.05, 0.1) is 11.4 Å². The molecule has 3 N–H and O–H groups in total. The number of hydrogen-bond donors (Lipinski definition) is 3. The minimum Gasteiger partial charge on any atom is -0.396 e. The summed E-state index contributed by atoms with van der Waals surface area (Å²) in [7, 11) is 0. The van der Waals surface area contributed by atoms with Gasteiger partial charge in [0, 0.05) is 31.1 Å². The minimum atomic E-state index is -1.23. The lowest BCUT2D eigenvalue weighted by molar-refractivity contribution is -0.124. The Morgan fingerprint density at radius 3 is 2.86 bits per heavy atom. The number of aromatic nitrogens is 1. The summed E-state index contributed by atoms with van der Waals surface area (Å²) in [5.41, 5.74) is 3.28. The van der Waals surface area contributed by atoms with Crippen molar-refractivity contribution in [3.63, 3.8) is 0 Å². The van der Waals surface area contributed by atoms with Crippen LogP contribution in [-0.4, -0.2) is 40.5 Å². The molecule has 0 aliphatic carbocycles. The number of nitrogens with zero attached hydrogens (tertiary/aromatic N) is 2. The van der Waals surface area contributed by atoms with Gasteiger partial charge in [-0.05, 0) is 30.2 Å². The highest BCUT2D eigenvalue weighted by atomic mass is 16.3. The van der Waals surface area contributed by atoms with Gasteiger partial charge in [0.25, 0.3) is 5.91 Å². The zero-order valence-corrected chi connectivity index (χ0v) is 11.9. The summed E-state index contributed by atoms with van der Waals surface area (Å²) in [5, 5.41) is 21.7. The molecular formula is C16H17N3O3. The molecule has 1 amide bonds. The summed E-state index contributed by atoms with van der Waals surface area (Å²) in [4.78, 5) is 17.6. The molecule has 1 aliphatic rings. The summed E-state index contributed by atoms with van der Waals surface area (Å²) in [6, 6.07) is 9.44. The molecular weight excluding hydrogens is 282 g/mol. The van der Waals surface area contributed by atoms with E-state index in [1.54, 1.807) is 17.3 Å². The lowest BCUT2D eigenvalue weighted by atomic mass is 10.0. The number of fused-ring (bicyclic) bond motifs is 1. The maximum absolute atomic E-state index is 11.9. The predicted octanol–water partition coefficient (Wildman–Crippen LogP) is 1.21. The van der Waals surface area contributed by atoms with Crippen molar-refractivity contribution in [1.82, 2.24) is 4.98 Å². The van der Waals surface area contributed by atoms with E-state index in [2.05, 4.69) is 10.3 Å². The SMILES string of the molecule is O=C1Nc2cc(-c3cccnc3)ccc2N(CCCO)C1O. The molecule has 0 bridgehead atoms. The van der Waals surface area contributed by atoms with Crippen molar-refractivity contribution in [3.05, 3.63) is 42.7 Å². The zero-order valence-electron chi connectivity index (χ0n) is 11.9. The molecule has 3 rings (SSSR count). The molecule has 1 atom stereocenters. The first kappa shape index (κ1) is 14.5. The molecule has 1 unspecified atom stereocenters. The molecule has 2 heterocycles. The van der Waals surface area contributed by atoms with Crippen LogP contribution in [0.5, 0.6) is 0 Å². The Balaban J connectivity index is 1.98. The number of aliphatic hydroxyl groups excluding tert-OH is 2. The Labute approximate surface area is 128 Å². The van der Waals surface area contributed by atoms with Crippen LogP contribution in [0.4, 0.5) is 11.4 Å². The second kappa shape index (κ2) is 6.13. The fourth-order valence-electron chi connectivity index (χ4n) is 2.55. The van der Waals surface area contributed by atoms with E-state index >= 15 is 0 Å². The zero-order chi connectivity index (χ0) is 15.5. The highest BCUT2D eigenvalue weighted by Crippen LogP contribution is 2.35. The van der Waals surface area contributed by atoms with Crippen molar-refractivity contribution in [2.75, 3.05) is 23.4 Å². The fraction of sp³-hybridized carbons (Fsp3) is 0.250. The summed E-state index contributed by atoms with van der Waals surface area (Å²) >= 11 is 0. The van der Waals surface area contributed by atoms with Gasteiger partial charge >= 0.3 is 0 Å². The molecule has 0 saturated heterocycles. The van der Waals surface area contributed by atoms with Crippen LogP contribution in [0.15, 0.2) is 42.7 Å². The van der Waals surface area contributed by atoms with Gasteiger partial charge in [-0.2, -0.15) is 0 Å². The second-order valence-corrected chi connectivity index (χ2v) is 5.11. The van der Waals surface area contributed by atoms with Crippen LogP contribution < -0.4 is 10.2 Å². The molecule has 0 spiro atoms. The molecule has 6 heteroatoms. The van der Waals surface area contributed by atoms with Crippen LogP contribution in [-0.2, 0) is 4.79 Å². The summed E-state index contributed by atoms with van der Waals surface area (Å²) in [5.74, 6) is -0.464. The van der Waals surface area contributed by atoms with Crippen molar-refractivity contribution < 1.29 is 15.0 Å². The van der Waals surface area contributed by atoms with E-state index in [4.69, 9.17) is 5.11 Å². The Morgan fingerprint density at radius 1 is 1.27 bits per heavy atom. The van der Waals surface area contributed by atoms with Gasteiger partial charge in [0.15, 0.2) is 0 Å². The van der Waals surface area contributed by atoms with Crippen molar-refractivity contribution >= 4 is 17.3 Å². The van der Waals surface area contributed by atoms with Gasteiger partial charge in [-0.1, -0.05) is 12.1 Å². The van der Waals surface area contributed by atoms with E-state index in [9.17, 15) is 9.90 Å². The summed E-state index contributed by atoms with van der Waals surface area (Å²) in [6.07, 6.45) is 2.71. The maximum atomic E-state index is 11.9. The Bertz CT molecular complexity index is 676. The highest BCUT2D eigenvalue weighted by molar-refractivity contribution is 6.03. The Hall–Kier alpha value is -2.44. The van der Waals surface area contributed by atoms with E-state index in [0.717, 1.165) is 16.8 Å². The smallest absolute Gasteiger partial charge is 0.274 e. The van der Waals surface area contributed by atoms with Crippen molar-refractivity contribution in [2.45, 2.75) is 12.6 Å². The minimum absolute atomic E-state index is 0.00788. The maximum Gasteiger partial charge on any atom is 0.274 e. The molecule has 1 aromatic carbocycles. The largest absolute Gasteiger partial charge is 0.396 e. The van der Waals surface area contributed by atoms with Gasteiger partial charge in [-0.25, -0.2) is 0 Å². The third-order valence-electron chi connectivity index (χ3n) is 3.65. The van der Waals surface area contributed by atoms with Crippen molar-refractivity contribution in [1.29, 1.82) is 0 Å². The topological polar surface area (TPSA) is 85.7 Å². The molecule has 0 fully saturated rings. The number of rotatable bonds is 4.